The summed E-state index contributed by atoms with van der Waals surface area (Å²) < 4.78 is 7.44. The van der Waals surface area contributed by atoms with Crippen LogP contribution in [-0.2, 0) is 6.54 Å². The van der Waals surface area contributed by atoms with Crippen LogP contribution in [0.1, 0.15) is 18.4 Å². The maximum Gasteiger partial charge on any atom is 0.119 e. The lowest BCUT2D eigenvalue weighted by molar-refractivity contribution is 0.164. The highest BCUT2D eigenvalue weighted by atomic mass is 16.5. The fourth-order valence-electron chi connectivity index (χ4n) is 4.47. The number of benzene rings is 2. The number of rotatable bonds is 7. The molecule has 0 spiro atoms. The SMILES string of the molecule is COc1cccc(-c2nn(-c3ccccc3)cc2CN(C)C[C@H]2CCCN(C)C2)c1. The number of hydrogen-bond donors (Lipinski definition) is 0. The molecule has 5 heteroatoms. The normalized spacial score (nSPS) is 17.4. The Hall–Kier alpha value is -2.63. The predicted molar refractivity (Wildman–Crippen MR) is 122 cm³/mol. The van der Waals surface area contributed by atoms with Crippen molar-refractivity contribution in [3.8, 4) is 22.7 Å². The van der Waals surface area contributed by atoms with Crippen molar-refractivity contribution in [1.29, 1.82) is 0 Å². The third-order valence-electron chi connectivity index (χ3n) is 5.89. The van der Waals surface area contributed by atoms with E-state index >= 15 is 0 Å². The van der Waals surface area contributed by atoms with Crippen LogP contribution in [0.25, 0.3) is 16.9 Å². The largest absolute Gasteiger partial charge is 0.497 e. The molecule has 0 unspecified atom stereocenters. The maximum absolute atomic E-state index is 5.45. The van der Waals surface area contributed by atoms with Crippen molar-refractivity contribution < 1.29 is 4.74 Å². The fraction of sp³-hybridized carbons (Fsp3) is 0.400. The molecule has 1 aromatic heterocycles. The second-order valence-corrected chi connectivity index (χ2v) is 8.48. The smallest absolute Gasteiger partial charge is 0.119 e. The van der Waals surface area contributed by atoms with Crippen molar-refractivity contribution in [3.63, 3.8) is 0 Å². The first kappa shape index (κ1) is 20.6. The summed E-state index contributed by atoms with van der Waals surface area (Å²) in [5.74, 6) is 1.59. The van der Waals surface area contributed by atoms with Crippen LogP contribution in [-0.4, -0.2) is 60.4 Å². The van der Waals surface area contributed by atoms with Gasteiger partial charge in [-0.2, -0.15) is 5.10 Å². The van der Waals surface area contributed by atoms with Crippen LogP contribution in [0.4, 0.5) is 0 Å². The molecule has 0 amide bonds. The van der Waals surface area contributed by atoms with E-state index < -0.39 is 0 Å². The molecule has 0 bridgehead atoms. The summed E-state index contributed by atoms with van der Waals surface area (Å²) in [6, 6.07) is 18.5. The summed E-state index contributed by atoms with van der Waals surface area (Å²) in [4.78, 5) is 4.90. The van der Waals surface area contributed by atoms with Crippen LogP contribution < -0.4 is 4.74 Å². The molecule has 0 N–H and O–H groups in total. The number of piperidine rings is 1. The van der Waals surface area contributed by atoms with Gasteiger partial charge in [-0.1, -0.05) is 30.3 Å². The topological polar surface area (TPSA) is 33.5 Å². The molecule has 1 fully saturated rings. The van der Waals surface area contributed by atoms with Gasteiger partial charge in [0.05, 0.1) is 18.5 Å². The molecule has 1 aliphatic heterocycles. The summed E-state index contributed by atoms with van der Waals surface area (Å²) in [6.45, 7) is 4.40. The van der Waals surface area contributed by atoms with Gasteiger partial charge in [0.2, 0.25) is 0 Å². The molecule has 2 aromatic carbocycles. The van der Waals surface area contributed by atoms with Crippen molar-refractivity contribution >= 4 is 0 Å². The van der Waals surface area contributed by atoms with Crippen LogP contribution in [0, 0.1) is 5.92 Å². The highest BCUT2D eigenvalue weighted by Crippen LogP contribution is 2.28. The molecule has 4 rings (SSSR count). The zero-order valence-electron chi connectivity index (χ0n) is 18.3. The summed E-state index contributed by atoms with van der Waals surface area (Å²) in [7, 11) is 6.17. The molecule has 158 valence electrons. The van der Waals surface area contributed by atoms with E-state index in [0.717, 1.165) is 41.7 Å². The van der Waals surface area contributed by atoms with E-state index in [2.05, 4.69) is 54.4 Å². The molecule has 5 nitrogen and oxygen atoms in total. The van der Waals surface area contributed by atoms with E-state index in [9.17, 15) is 0 Å². The number of nitrogens with zero attached hydrogens (tertiary/aromatic N) is 4. The molecule has 0 saturated carbocycles. The lowest BCUT2D eigenvalue weighted by atomic mass is 9.98. The van der Waals surface area contributed by atoms with E-state index in [4.69, 9.17) is 9.84 Å². The number of aromatic nitrogens is 2. The standard InChI is InChI=1S/C25H32N4O/c1-27-14-8-9-20(16-27)17-28(2)18-22-19-29(23-11-5-4-6-12-23)26-25(22)21-10-7-13-24(15-21)30-3/h4-7,10-13,15,19-20H,8-9,14,16-18H2,1-3H3/t20-/m0/s1. The third-order valence-corrected chi connectivity index (χ3v) is 5.89. The van der Waals surface area contributed by atoms with Gasteiger partial charge in [-0.25, -0.2) is 4.68 Å². The van der Waals surface area contributed by atoms with Crippen LogP contribution >= 0.6 is 0 Å². The van der Waals surface area contributed by atoms with E-state index in [0.29, 0.717) is 0 Å². The van der Waals surface area contributed by atoms with E-state index in [1.807, 2.05) is 35.0 Å². The van der Waals surface area contributed by atoms with Gasteiger partial charge >= 0.3 is 0 Å². The van der Waals surface area contributed by atoms with E-state index in [1.54, 1.807) is 7.11 Å². The average Bonchev–Trinajstić information content (AvgIpc) is 3.18. The van der Waals surface area contributed by atoms with Crippen molar-refractivity contribution in [1.82, 2.24) is 19.6 Å². The van der Waals surface area contributed by atoms with Crippen molar-refractivity contribution in [2.75, 3.05) is 40.8 Å². The molecule has 3 aromatic rings. The predicted octanol–water partition coefficient (Wildman–Crippen LogP) is 4.32. The van der Waals surface area contributed by atoms with Crippen molar-refractivity contribution in [2.24, 2.45) is 5.92 Å². The van der Waals surface area contributed by atoms with E-state index in [1.165, 1.54) is 31.5 Å². The molecule has 1 aliphatic rings. The Kier molecular flexibility index (Phi) is 6.50. The quantitative estimate of drug-likeness (QED) is 0.587. The van der Waals surface area contributed by atoms with E-state index in [-0.39, 0.29) is 0 Å². The van der Waals surface area contributed by atoms with Gasteiger partial charge in [-0.3, -0.25) is 0 Å². The average molecular weight is 405 g/mol. The third kappa shape index (κ3) is 4.91. The minimum absolute atomic E-state index is 0.734. The van der Waals surface area contributed by atoms with Gasteiger partial charge in [0.15, 0.2) is 0 Å². The molecular weight excluding hydrogens is 372 g/mol. The second kappa shape index (κ2) is 9.45. The van der Waals surface area contributed by atoms with Crippen LogP contribution in [0.5, 0.6) is 5.75 Å². The lowest BCUT2D eigenvalue weighted by Crippen LogP contribution is -2.37. The Morgan fingerprint density at radius 3 is 2.73 bits per heavy atom. The molecule has 0 aliphatic carbocycles. The van der Waals surface area contributed by atoms with Gasteiger partial charge in [-0.15, -0.1) is 0 Å². The van der Waals surface area contributed by atoms with Gasteiger partial charge in [-0.05, 0) is 63.7 Å². The molecule has 30 heavy (non-hydrogen) atoms. The van der Waals surface area contributed by atoms with Gasteiger partial charge in [0, 0.05) is 37.0 Å². The number of methoxy groups -OCH3 is 1. The summed E-state index contributed by atoms with van der Waals surface area (Å²) in [5, 5.41) is 4.96. The van der Waals surface area contributed by atoms with Crippen molar-refractivity contribution in [3.05, 3.63) is 66.4 Å². The minimum Gasteiger partial charge on any atom is -0.497 e. The zero-order valence-corrected chi connectivity index (χ0v) is 18.3. The Morgan fingerprint density at radius 2 is 1.97 bits per heavy atom. The van der Waals surface area contributed by atoms with Crippen LogP contribution in [0.15, 0.2) is 60.8 Å². The molecule has 2 heterocycles. The van der Waals surface area contributed by atoms with Gasteiger partial charge < -0.3 is 14.5 Å². The second-order valence-electron chi connectivity index (χ2n) is 8.48. The summed E-state index contributed by atoms with van der Waals surface area (Å²) in [5.41, 5.74) is 4.42. The van der Waals surface area contributed by atoms with Crippen LogP contribution in [0.3, 0.4) is 0 Å². The Bertz CT molecular complexity index is 953. The Morgan fingerprint density at radius 1 is 1.13 bits per heavy atom. The van der Waals surface area contributed by atoms with Crippen molar-refractivity contribution in [2.45, 2.75) is 19.4 Å². The zero-order chi connectivity index (χ0) is 20.9. The minimum atomic E-state index is 0.734. The summed E-state index contributed by atoms with van der Waals surface area (Å²) in [6.07, 6.45) is 4.80. The number of para-hydroxylation sites is 1. The number of ether oxygens (including phenoxy) is 1. The highest BCUT2D eigenvalue weighted by molar-refractivity contribution is 5.65. The fourth-order valence-corrected chi connectivity index (χ4v) is 4.47. The Labute approximate surface area is 179 Å². The molecule has 0 radical (unpaired) electrons. The first-order valence-corrected chi connectivity index (χ1v) is 10.8. The number of hydrogen-bond acceptors (Lipinski definition) is 4. The van der Waals surface area contributed by atoms with Gasteiger partial charge in [0.25, 0.3) is 0 Å². The molecule has 1 atom stereocenters. The first-order chi connectivity index (χ1) is 14.6. The summed E-state index contributed by atoms with van der Waals surface area (Å²) >= 11 is 0. The lowest BCUT2D eigenvalue weighted by Gasteiger charge is -2.32. The molecule has 1 saturated heterocycles. The highest BCUT2D eigenvalue weighted by Gasteiger charge is 2.20. The van der Waals surface area contributed by atoms with Crippen LogP contribution in [0.2, 0.25) is 0 Å². The Balaban J connectivity index is 1.60. The molecular formula is C25H32N4O. The monoisotopic (exact) mass is 404 g/mol. The van der Waals surface area contributed by atoms with Gasteiger partial charge in [0.1, 0.15) is 5.75 Å². The first-order valence-electron chi connectivity index (χ1n) is 10.8. The maximum atomic E-state index is 5.45. The number of likely N-dealkylation sites (tertiary alicyclic amines) is 1.